The largest absolute Gasteiger partial charge is 0.331 e. The summed E-state index contributed by atoms with van der Waals surface area (Å²) in [6, 6.07) is 9.14. The number of rotatable bonds is 5. The van der Waals surface area contributed by atoms with Gasteiger partial charge >= 0.3 is 12.1 Å². The highest BCUT2D eigenvalue weighted by atomic mass is 35.5. The third kappa shape index (κ3) is 5.99. The van der Waals surface area contributed by atoms with Gasteiger partial charge in [0.2, 0.25) is 0 Å². The van der Waals surface area contributed by atoms with Crippen LogP contribution in [0.3, 0.4) is 0 Å². The average molecular weight is 555 g/mol. The van der Waals surface area contributed by atoms with Gasteiger partial charge in [0.1, 0.15) is 17.5 Å². The topological polar surface area (TPSA) is 108 Å². The molecule has 0 saturated heterocycles. The first-order valence-corrected chi connectivity index (χ1v) is 12.2. The fourth-order valence-electron chi connectivity index (χ4n) is 3.93. The molecule has 9 nitrogen and oxygen atoms in total. The molecule has 0 unspecified atom stereocenters. The van der Waals surface area contributed by atoms with Crippen molar-refractivity contribution < 1.29 is 18.4 Å². The first-order valence-electron chi connectivity index (χ1n) is 11.8. The normalized spacial score (nSPS) is 11.0. The first-order chi connectivity index (χ1) is 18.4. The van der Waals surface area contributed by atoms with E-state index in [9.17, 15) is 23.2 Å². The number of hydrogen-bond acceptors (Lipinski definition) is 4. The van der Waals surface area contributed by atoms with Crippen LogP contribution in [0.25, 0.3) is 22.0 Å². The molecule has 4 amide bonds. The van der Waals surface area contributed by atoms with E-state index < -0.39 is 23.2 Å². The molecule has 0 bridgehead atoms. The Labute approximate surface area is 227 Å². The Kier molecular flexibility index (Phi) is 7.82. The van der Waals surface area contributed by atoms with E-state index in [0.29, 0.717) is 10.9 Å². The molecule has 202 valence electrons. The summed E-state index contributed by atoms with van der Waals surface area (Å²) in [4.78, 5) is 43.8. The van der Waals surface area contributed by atoms with Gasteiger partial charge in [-0.05, 0) is 50.2 Å². The highest BCUT2D eigenvalue weighted by Gasteiger charge is 2.19. The molecule has 39 heavy (non-hydrogen) atoms. The van der Waals surface area contributed by atoms with Gasteiger partial charge < -0.3 is 20.1 Å². The maximum absolute atomic E-state index is 14.8. The van der Waals surface area contributed by atoms with Gasteiger partial charge in [-0.3, -0.25) is 10.1 Å². The summed E-state index contributed by atoms with van der Waals surface area (Å²) < 4.78 is 29.7. The predicted molar refractivity (Wildman–Crippen MR) is 149 cm³/mol. The smallest absolute Gasteiger partial charge is 0.323 e. The number of aromatic nitrogens is 2. The molecular weight excluding hydrogens is 530 g/mol. The summed E-state index contributed by atoms with van der Waals surface area (Å²) in [7, 11) is 3.18. The fraction of sp³-hybridized carbons (Fsp3) is 0.185. The van der Waals surface area contributed by atoms with Crippen molar-refractivity contribution in [2.45, 2.75) is 19.9 Å². The van der Waals surface area contributed by atoms with Crippen molar-refractivity contribution in [3.8, 4) is 11.1 Å². The Balaban J connectivity index is 1.76. The maximum atomic E-state index is 14.8. The van der Waals surface area contributed by atoms with Crippen LogP contribution in [-0.2, 0) is 0 Å². The molecule has 4 rings (SSSR count). The van der Waals surface area contributed by atoms with Crippen LogP contribution in [0, 0.1) is 11.6 Å². The van der Waals surface area contributed by atoms with Gasteiger partial charge in [0.15, 0.2) is 0 Å². The summed E-state index contributed by atoms with van der Waals surface area (Å²) in [5, 5.41) is 7.98. The maximum Gasteiger partial charge on any atom is 0.323 e. The molecule has 0 spiro atoms. The van der Waals surface area contributed by atoms with Crippen LogP contribution in [0.15, 0.2) is 59.5 Å². The monoisotopic (exact) mass is 554 g/mol. The van der Waals surface area contributed by atoms with Crippen molar-refractivity contribution >= 4 is 51.8 Å². The second kappa shape index (κ2) is 11.1. The zero-order valence-electron chi connectivity index (χ0n) is 21.5. The third-order valence-electron chi connectivity index (χ3n) is 5.76. The molecule has 12 heteroatoms. The van der Waals surface area contributed by atoms with E-state index in [1.807, 2.05) is 13.8 Å². The van der Waals surface area contributed by atoms with E-state index >= 15 is 0 Å². The Morgan fingerprint density at radius 2 is 1.74 bits per heavy atom. The second-order valence-corrected chi connectivity index (χ2v) is 9.59. The number of pyridine rings is 2. The van der Waals surface area contributed by atoms with Crippen molar-refractivity contribution in [3.63, 3.8) is 0 Å². The summed E-state index contributed by atoms with van der Waals surface area (Å²) >= 11 is 6.36. The quantitative estimate of drug-likeness (QED) is 0.268. The lowest BCUT2D eigenvalue weighted by atomic mass is 10.0. The van der Waals surface area contributed by atoms with E-state index in [1.165, 1.54) is 39.9 Å². The number of benzene rings is 2. The van der Waals surface area contributed by atoms with E-state index in [1.54, 1.807) is 26.2 Å². The zero-order chi connectivity index (χ0) is 28.4. The number of anilines is 3. The molecular formula is C27H25ClF2N6O3. The molecule has 2 heterocycles. The lowest BCUT2D eigenvalue weighted by Crippen LogP contribution is -2.28. The standard InChI is InChI=1S/C27H25ClF2N6O3/c1-14(2)36-23-12-24(34-27(39)35(3)4)31-13-15(23)8-19(25(36)37)18-10-22(21(30)11-20(18)28)33-26(38)32-17-7-5-6-16(29)9-17/h5-14H,1-4H3,(H,31,34,39)(H2,32,33,38). The minimum Gasteiger partial charge on any atom is -0.331 e. The summed E-state index contributed by atoms with van der Waals surface area (Å²) in [5.74, 6) is -1.11. The van der Waals surface area contributed by atoms with Gasteiger partial charge in [-0.25, -0.2) is 23.4 Å². The molecule has 0 aliphatic carbocycles. The fourth-order valence-corrected chi connectivity index (χ4v) is 4.18. The van der Waals surface area contributed by atoms with E-state index in [0.717, 1.165) is 12.1 Å². The van der Waals surface area contributed by atoms with Crippen LogP contribution in [0.2, 0.25) is 5.02 Å². The van der Waals surface area contributed by atoms with Crippen molar-refractivity contribution in [2.75, 3.05) is 30.0 Å². The minimum atomic E-state index is -0.828. The van der Waals surface area contributed by atoms with Crippen molar-refractivity contribution in [1.29, 1.82) is 0 Å². The minimum absolute atomic E-state index is 0.0434. The number of carbonyl (C=O) groups is 2. The second-order valence-electron chi connectivity index (χ2n) is 9.18. The molecule has 0 fully saturated rings. The van der Waals surface area contributed by atoms with Crippen molar-refractivity contribution in [2.24, 2.45) is 0 Å². The number of urea groups is 2. The van der Waals surface area contributed by atoms with Gasteiger partial charge in [-0.1, -0.05) is 17.7 Å². The van der Waals surface area contributed by atoms with Gasteiger partial charge in [-0.2, -0.15) is 0 Å². The zero-order valence-corrected chi connectivity index (χ0v) is 22.2. The van der Waals surface area contributed by atoms with Gasteiger partial charge in [0.25, 0.3) is 5.56 Å². The molecule has 0 radical (unpaired) electrons. The molecule has 0 aliphatic rings. The predicted octanol–water partition coefficient (Wildman–Crippen LogP) is 6.31. The van der Waals surface area contributed by atoms with Crippen molar-refractivity contribution in [1.82, 2.24) is 14.5 Å². The molecule has 3 N–H and O–H groups in total. The summed E-state index contributed by atoms with van der Waals surface area (Å²) in [6.45, 7) is 3.64. The Morgan fingerprint density at radius 1 is 1.00 bits per heavy atom. The van der Waals surface area contributed by atoms with Crippen LogP contribution in [0.4, 0.5) is 35.6 Å². The number of nitrogens with one attached hydrogen (secondary N) is 3. The van der Waals surface area contributed by atoms with Crippen LogP contribution >= 0.6 is 11.6 Å². The average Bonchev–Trinajstić information content (AvgIpc) is 2.85. The number of hydrogen-bond donors (Lipinski definition) is 3. The molecule has 2 aromatic heterocycles. The molecule has 0 aliphatic heterocycles. The lowest BCUT2D eigenvalue weighted by Gasteiger charge is -2.18. The number of fused-ring (bicyclic) bond motifs is 1. The van der Waals surface area contributed by atoms with Crippen molar-refractivity contribution in [3.05, 3.63) is 81.7 Å². The number of halogens is 3. The highest BCUT2D eigenvalue weighted by Crippen LogP contribution is 2.33. The number of carbonyl (C=O) groups excluding carboxylic acids is 2. The lowest BCUT2D eigenvalue weighted by molar-refractivity contribution is 0.230. The summed E-state index contributed by atoms with van der Waals surface area (Å²) in [5.41, 5.74) is 0.377. The first kappa shape index (κ1) is 27.5. The van der Waals surface area contributed by atoms with E-state index in [2.05, 4.69) is 20.9 Å². The van der Waals surface area contributed by atoms with E-state index in [4.69, 9.17) is 11.6 Å². The number of nitrogens with zero attached hydrogens (tertiary/aromatic N) is 3. The summed E-state index contributed by atoms with van der Waals surface area (Å²) in [6.07, 6.45) is 1.51. The van der Waals surface area contributed by atoms with Crippen LogP contribution in [0.5, 0.6) is 0 Å². The van der Waals surface area contributed by atoms with Gasteiger partial charge in [0, 0.05) is 54.6 Å². The molecule has 0 saturated carbocycles. The third-order valence-corrected chi connectivity index (χ3v) is 6.07. The molecule has 2 aromatic carbocycles. The van der Waals surface area contributed by atoms with E-state index in [-0.39, 0.29) is 45.4 Å². The number of amides is 4. The van der Waals surface area contributed by atoms with Crippen LogP contribution < -0.4 is 21.5 Å². The van der Waals surface area contributed by atoms with Gasteiger partial charge in [0.05, 0.1) is 16.2 Å². The Hall–Kier alpha value is -4.51. The van der Waals surface area contributed by atoms with Crippen LogP contribution in [-0.4, -0.2) is 40.6 Å². The molecule has 4 aromatic rings. The van der Waals surface area contributed by atoms with Gasteiger partial charge in [-0.15, -0.1) is 0 Å². The SMILES string of the molecule is CC(C)n1c(=O)c(-c2cc(NC(=O)Nc3cccc(F)c3)c(F)cc2Cl)cc2cnc(NC(=O)N(C)C)cc21. The Morgan fingerprint density at radius 3 is 2.41 bits per heavy atom. The Bertz CT molecular complexity index is 1660. The molecule has 0 atom stereocenters. The van der Waals surface area contributed by atoms with Crippen LogP contribution in [0.1, 0.15) is 19.9 Å². The highest BCUT2D eigenvalue weighted by molar-refractivity contribution is 6.33.